The summed E-state index contributed by atoms with van der Waals surface area (Å²) in [6.07, 6.45) is -4.91. The zero-order chi connectivity index (χ0) is 17.4. The number of ether oxygens (including phenoxy) is 1. The molecule has 1 rings (SSSR count). The van der Waals surface area contributed by atoms with Gasteiger partial charge in [0.15, 0.2) is 0 Å². The van der Waals surface area contributed by atoms with Crippen molar-refractivity contribution in [2.24, 2.45) is 0 Å². The van der Waals surface area contributed by atoms with Gasteiger partial charge in [-0.2, -0.15) is 43.2 Å². The molecule has 0 aliphatic carbocycles. The predicted molar refractivity (Wildman–Crippen MR) is 55.1 cm³/mol. The van der Waals surface area contributed by atoms with Crippen molar-refractivity contribution in [1.82, 2.24) is 0 Å². The summed E-state index contributed by atoms with van der Waals surface area (Å²) in [5.74, 6) is 0. The van der Waals surface area contributed by atoms with E-state index < -0.39 is 56.5 Å². The van der Waals surface area contributed by atoms with Gasteiger partial charge in [-0.25, -0.2) is 0 Å². The molecule has 0 amide bonds. The van der Waals surface area contributed by atoms with Crippen molar-refractivity contribution in [3.05, 3.63) is 0 Å². The highest BCUT2D eigenvalue weighted by molar-refractivity contribution is 7.88. The number of hydrogen-bond acceptors (Lipinski definition) is 7. The van der Waals surface area contributed by atoms with Gasteiger partial charge in [0.1, 0.15) is 12.2 Å². The molecule has 1 heterocycles. The molecule has 1 aliphatic rings. The molecule has 0 bridgehead atoms. The molecule has 22 heavy (non-hydrogen) atoms. The second kappa shape index (κ2) is 6.10. The normalized spacial score (nSPS) is 25.2. The fourth-order valence-electron chi connectivity index (χ4n) is 1.33. The fraction of sp³-hybridized carbons (Fsp3) is 1.00. The molecule has 0 radical (unpaired) electrons. The molecule has 1 aliphatic heterocycles. The van der Waals surface area contributed by atoms with E-state index in [9.17, 15) is 43.2 Å². The molecular formula is C7H8F6O7S2. The van der Waals surface area contributed by atoms with Crippen LogP contribution in [0.5, 0.6) is 0 Å². The Morgan fingerprint density at radius 2 is 1.23 bits per heavy atom. The summed E-state index contributed by atoms with van der Waals surface area (Å²) in [6, 6.07) is 0. The molecule has 1 saturated heterocycles. The van der Waals surface area contributed by atoms with Gasteiger partial charge in [-0.3, -0.25) is 8.37 Å². The van der Waals surface area contributed by atoms with Crippen LogP contribution in [-0.4, -0.2) is 53.3 Å². The average molecular weight is 382 g/mol. The minimum atomic E-state index is -6.16. The van der Waals surface area contributed by atoms with E-state index >= 15 is 0 Å². The van der Waals surface area contributed by atoms with Gasteiger partial charge in [-0.15, -0.1) is 0 Å². The van der Waals surface area contributed by atoms with Crippen molar-refractivity contribution in [2.75, 3.05) is 13.2 Å². The van der Waals surface area contributed by atoms with E-state index in [1.807, 2.05) is 0 Å². The van der Waals surface area contributed by atoms with Gasteiger partial charge in [0.2, 0.25) is 0 Å². The van der Waals surface area contributed by atoms with Crippen LogP contribution >= 0.6 is 0 Å². The van der Waals surface area contributed by atoms with E-state index in [4.69, 9.17) is 0 Å². The number of alkyl halides is 6. The Bertz CT molecular complexity index is 538. The van der Waals surface area contributed by atoms with Crippen molar-refractivity contribution in [1.29, 1.82) is 0 Å². The van der Waals surface area contributed by atoms with Gasteiger partial charge in [-0.05, 0) is 0 Å². The van der Waals surface area contributed by atoms with Gasteiger partial charge in [0.05, 0.1) is 6.61 Å². The Morgan fingerprint density at radius 1 is 0.818 bits per heavy atom. The summed E-state index contributed by atoms with van der Waals surface area (Å²) in [5.41, 5.74) is -11.7. The Balaban J connectivity index is 2.95. The second-order valence-electron chi connectivity index (χ2n) is 3.93. The Hall–Kier alpha value is -0.640. The van der Waals surface area contributed by atoms with Crippen LogP contribution in [0.15, 0.2) is 0 Å². The molecule has 0 aromatic carbocycles. The molecule has 15 heteroatoms. The summed E-state index contributed by atoms with van der Waals surface area (Å²) in [6.45, 7) is -1.25. The van der Waals surface area contributed by atoms with Crippen LogP contribution in [0.25, 0.3) is 0 Å². The first kappa shape index (κ1) is 19.4. The van der Waals surface area contributed by atoms with Crippen LogP contribution in [0.1, 0.15) is 6.42 Å². The second-order valence-corrected chi connectivity index (χ2v) is 7.06. The van der Waals surface area contributed by atoms with E-state index in [2.05, 4.69) is 13.1 Å². The maximum Gasteiger partial charge on any atom is 0.523 e. The standard InChI is InChI=1S/C7H8F6O7S2/c8-6(9,10)21(14,15)19-4-1-2-18-3-5(4)20-22(16,17)7(11,12)13/h4-5H,1-3H2/t4-,5+/m0/s1. The Morgan fingerprint density at radius 3 is 1.64 bits per heavy atom. The quantitative estimate of drug-likeness (QED) is 0.405. The number of hydrogen-bond donors (Lipinski definition) is 0. The lowest BCUT2D eigenvalue weighted by Crippen LogP contribution is -2.46. The molecule has 7 nitrogen and oxygen atoms in total. The Kier molecular flexibility index (Phi) is 5.38. The lowest BCUT2D eigenvalue weighted by Gasteiger charge is -2.30. The summed E-state index contributed by atoms with van der Waals surface area (Å²) < 4.78 is 128. The van der Waals surface area contributed by atoms with Crippen LogP contribution in [0, 0.1) is 0 Å². The first-order chi connectivity index (χ1) is 9.67. The van der Waals surface area contributed by atoms with E-state index in [1.54, 1.807) is 0 Å². The highest BCUT2D eigenvalue weighted by atomic mass is 32.2. The van der Waals surface area contributed by atoms with E-state index in [0.29, 0.717) is 0 Å². The topological polar surface area (TPSA) is 96.0 Å². The summed E-state index contributed by atoms with van der Waals surface area (Å²) in [4.78, 5) is 0. The minimum absolute atomic E-state index is 0.357. The van der Waals surface area contributed by atoms with Crippen molar-refractivity contribution in [3.8, 4) is 0 Å². The van der Waals surface area contributed by atoms with Crippen LogP contribution in [0.2, 0.25) is 0 Å². The molecule has 0 spiro atoms. The first-order valence-corrected chi connectivity index (χ1v) is 8.06. The van der Waals surface area contributed by atoms with Crippen LogP contribution in [0.3, 0.4) is 0 Å². The van der Waals surface area contributed by atoms with Gasteiger partial charge < -0.3 is 4.74 Å². The maximum absolute atomic E-state index is 12.2. The molecule has 0 aromatic heterocycles. The minimum Gasteiger partial charge on any atom is -0.378 e. The van der Waals surface area contributed by atoms with Crippen molar-refractivity contribution >= 4 is 20.2 Å². The van der Waals surface area contributed by atoms with E-state index in [0.717, 1.165) is 0 Å². The number of rotatable bonds is 4. The molecule has 1 fully saturated rings. The molecule has 0 N–H and O–H groups in total. The zero-order valence-corrected chi connectivity index (χ0v) is 11.9. The Labute approximate surface area is 120 Å². The SMILES string of the molecule is O=S(=O)(O[C@H]1CCOC[C@H]1OS(=O)(=O)C(F)(F)F)C(F)(F)F. The summed E-state index contributed by atoms with van der Waals surface area (Å²) in [7, 11) is -12.3. The van der Waals surface area contributed by atoms with Crippen LogP contribution in [-0.2, 0) is 33.3 Å². The van der Waals surface area contributed by atoms with Crippen LogP contribution in [0.4, 0.5) is 26.3 Å². The third-order valence-corrected chi connectivity index (χ3v) is 4.45. The fourth-order valence-corrected chi connectivity index (χ4v) is 2.60. The van der Waals surface area contributed by atoms with Crippen molar-refractivity contribution < 1.29 is 56.3 Å². The molecular weight excluding hydrogens is 374 g/mol. The summed E-state index contributed by atoms with van der Waals surface area (Å²) >= 11 is 0. The monoisotopic (exact) mass is 382 g/mol. The van der Waals surface area contributed by atoms with Gasteiger partial charge in [0.25, 0.3) is 0 Å². The highest BCUT2D eigenvalue weighted by Gasteiger charge is 2.53. The molecule has 132 valence electrons. The lowest BCUT2D eigenvalue weighted by molar-refractivity contribution is -0.0967. The highest BCUT2D eigenvalue weighted by Crippen LogP contribution is 2.31. The molecule has 2 atom stereocenters. The van der Waals surface area contributed by atoms with Crippen LogP contribution < -0.4 is 0 Å². The molecule has 0 aromatic rings. The van der Waals surface area contributed by atoms with Gasteiger partial charge in [0, 0.05) is 13.0 Å². The third kappa shape index (κ3) is 4.43. The summed E-state index contributed by atoms with van der Waals surface area (Å²) in [5, 5.41) is 0. The lowest BCUT2D eigenvalue weighted by atomic mass is 10.1. The molecule has 0 saturated carbocycles. The number of halogens is 6. The van der Waals surface area contributed by atoms with Gasteiger partial charge >= 0.3 is 31.3 Å². The largest absolute Gasteiger partial charge is 0.523 e. The third-order valence-electron chi connectivity index (χ3n) is 2.31. The maximum atomic E-state index is 12.2. The predicted octanol–water partition coefficient (Wildman–Crippen LogP) is 0.876. The van der Waals surface area contributed by atoms with E-state index in [1.165, 1.54) is 0 Å². The zero-order valence-electron chi connectivity index (χ0n) is 10.2. The van der Waals surface area contributed by atoms with Gasteiger partial charge in [-0.1, -0.05) is 0 Å². The van der Waals surface area contributed by atoms with Crippen molar-refractivity contribution in [2.45, 2.75) is 29.6 Å². The van der Waals surface area contributed by atoms with E-state index in [-0.39, 0.29) is 6.61 Å². The van der Waals surface area contributed by atoms with Crippen molar-refractivity contribution in [3.63, 3.8) is 0 Å². The first-order valence-electron chi connectivity index (χ1n) is 5.24. The molecule has 0 unspecified atom stereocenters. The smallest absolute Gasteiger partial charge is 0.378 e. The average Bonchev–Trinajstić information content (AvgIpc) is 2.28.